The zero-order valence-corrected chi connectivity index (χ0v) is 17.0. The average molecular weight is 418 g/mol. The lowest BCUT2D eigenvalue weighted by atomic mass is 10.1. The Morgan fingerprint density at radius 1 is 1.25 bits per heavy atom. The molecule has 0 radical (unpaired) electrons. The van der Waals surface area contributed by atoms with E-state index in [4.69, 9.17) is 16.6 Å². The molecule has 160 valence electrons. The van der Waals surface area contributed by atoms with Gasteiger partial charge in [-0.3, -0.25) is 19.2 Å². The Kier molecular flexibility index (Phi) is 10.3. The summed E-state index contributed by atoms with van der Waals surface area (Å²) in [5.74, 6) is -2.39. The molecule has 0 aromatic carbocycles. The van der Waals surface area contributed by atoms with Gasteiger partial charge in [-0.15, -0.1) is 0 Å². The summed E-state index contributed by atoms with van der Waals surface area (Å²) in [5, 5.41) is 14.0. The second kappa shape index (κ2) is 11.9. The van der Waals surface area contributed by atoms with Gasteiger partial charge in [-0.1, -0.05) is 0 Å². The Morgan fingerprint density at radius 3 is 2.50 bits per heavy atom. The van der Waals surface area contributed by atoms with Crippen LogP contribution in [0.2, 0.25) is 0 Å². The number of nitrogens with zero attached hydrogens (tertiary/aromatic N) is 1. The van der Waals surface area contributed by atoms with Crippen LogP contribution in [0.4, 0.5) is 0 Å². The molecule has 10 nitrogen and oxygen atoms in total. The number of carboxylic acids is 1. The minimum Gasteiger partial charge on any atom is -0.480 e. The maximum atomic E-state index is 12.8. The Hall–Kier alpha value is -1.85. The van der Waals surface area contributed by atoms with Crippen molar-refractivity contribution in [1.82, 2.24) is 15.5 Å². The van der Waals surface area contributed by atoms with Gasteiger partial charge < -0.3 is 32.1 Å². The lowest BCUT2D eigenvalue weighted by Crippen LogP contribution is -2.56. The number of nitrogens with one attached hydrogen (secondary N) is 2. The zero-order chi connectivity index (χ0) is 21.3. The Labute approximate surface area is 170 Å². The first-order chi connectivity index (χ1) is 13.2. The fourth-order valence-electron chi connectivity index (χ4n) is 3.00. The molecular weight excluding hydrogens is 386 g/mol. The van der Waals surface area contributed by atoms with E-state index in [0.29, 0.717) is 45.2 Å². The summed E-state index contributed by atoms with van der Waals surface area (Å²) in [6.45, 7) is 2.20. The summed E-state index contributed by atoms with van der Waals surface area (Å²) in [5.41, 5.74) is 11.2. The predicted octanol–water partition coefficient (Wildman–Crippen LogP) is -1.56. The first-order valence-electron chi connectivity index (χ1n) is 9.43. The molecule has 4 unspecified atom stereocenters. The molecule has 4 atom stereocenters. The summed E-state index contributed by atoms with van der Waals surface area (Å²) in [6.07, 6.45) is 2.70. The third-order valence-electron chi connectivity index (χ3n) is 4.66. The van der Waals surface area contributed by atoms with E-state index in [1.807, 2.05) is 0 Å². The van der Waals surface area contributed by atoms with Crippen LogP contribution in [0.15, 0.2) is 0 Å². The second-order valence-corrected chi connectivity index (χ2v) is 7.26. The normalized spacial score (nSPS) is 19.6. The van der Waals surface area contributed by atoms with Gasteiger partial charge in [0.1, 0.15) is 18.1 Å². The van der Waals surface area contributed by atoms with Crippen molar-refractivity contribution in [2.45, 2.75) is 63.2 Å². The van der Waals surface area contributed by atoms with Crippen molar-refractivity contribution in [3.05, 3.63) is 0 Å². The molecular formula is C17H31N5O5S. The highest BCUT2D eigenvalue weighted by atomic mass is 32.1. The first-order valence-corrected chi connectivity index (χ1v) is 10.1. The van der Waals surface area contributed by atoms with Gasteiger partial charge in [-0.2, -0.15) is 12.6 Å². The molecule has 28 heavy (non-hydrogen) atoms. The van der Waals surface area contributed by atoms with E-state index in [9.17, 15) is 19.2 Å². The number of aliphatic carboxylic acids is 1. The Balaban J connectivity index is 2.82. The molecule has 1 heterocycles. The monoisotopic (exact) mass is 417 g/mol. The molecule has 1 saturated heterocycles. The molecule has 0 aromatic rings. The number of amides is 3. The second-order valence-electron chi connectivity index (χ2n) is 6.89. The fraction of sp³-hybridized carbons (Fsp3) is 0.765. The molecule has 1 rings (SSSR count). The predicted molar refractivity (Wildman–Crippen MR) is 107 cm³/mol. The van der Waals surface area contributed by atoms with E-state index < -0.39 is 42.0 Å². The van der Waals surface area contributed by atoms with Crippen molar-refractivity contribution in [3.8, 4) is 0 Å². The summed E-state index contributed by atoms with van der Waals surface area (Å²) < 4.78 is 0. The quantitative estimate of drug-likeness (QED) is 0.174. The summed E-state index contributed by atoms with van der Waals surface area (Å²) in [4.78, 5) is 49.9. The smallest absolute Gasteiger partial charge is 0.325 e. The third kappa shape index (κ3) is 6.95. The molecule has 1 fully saturated rings. The fourth-order valence-corrected chi connectivity index (χ4v) is 3.16. The number of hydrogen-bond acceptors (Lipinski definition) is 7. The van der Waals surface area contributed by atoms with Crippen LogP contribution in [0.25, 0.3) is 0 Å². The van der Waals surface area contributed by atoms with Crippen LogP contribution >= 0.6 is 12.6 Å². The van der Waals surface area contributed by atoms with Crippen LogP contribution in [0.5, 0.6) is 0 Å². The molecule has 3 amide bonds. The highest BCUT2D eigenvalue weighted by molar-refractivity contribution is 7.80. The van der Waals surface area contributed by atoms with Crippen LogP contribution in [0.1, 0.15) is 39.0 Å². The molecule has 11 heteroatoms. The number of unbranched alkanes of at least 4 members (excludes halogenated alkanes) is 1. The van der Waals surface area contributed by atoms with Gasteiger partial charge in [0.05, 0.1) is 6.04 Å². The molecule has 1 aliphatic heterocycles. The van der Waals surface area contributed by atoms with Gasteiger partial charge in [-0.05, 0) is 45.6 Å². The maximum Gasteiger partial charge on any atom is 0.325 e. The van der Waals surface area contributed by atoms with Crippen molar-refractivity contribution >= 4 is 36.3 Å². The van der Waals surface area contributed by atoms with Crippen molar-refractivity contribution in [1.29, 1.82) is 0 Å². The molecule has 1 aliphatic rings. The number of hydrogen-bond donors (Lipinski definition) is 6. The van der Waals surface area contributed by atoms with E-state index in [0.717, 1.165) is 0 Å². The van der Waals surface area contributed by atoms with Crippen molar-refractivity contribution < 1.29 is 24.3 Å². The van der Waals surface area contributed by atoms with Gasteiger partial charge in [0, 0.05) is 12.3 Å². The first kappa shape index (κ1) is 24.2. The van der Waals surface area contributed by atoms with E-state index in [1.165, 1.54) is 11.8 Å². The largest absolute Gasteiger partial charge is 0.480 e. The average Bonchev–Trinajstić information content (AvgIpc) is 3.15. The number of likely N-dealkylation sites (tertiary alicyclic amines) is 1. The Bertz CT molecular complexity index is 576. The van der Waals surface area contributed by atoms with Gasteiger partial charge in [-0.25, -0.2) is 0 Å². The lowest BCUT2D eigenvalue weighted by Gasteiger charge is -2.28. The highest BCUT2D eigenvalue weighted by Crippen LogP contribution is 2.19. The number of thiol groups is 1. The van der Waals surface area contributed by atoms with Gasteiger partial charge in [0.15, 0.2) is 0 Å². The number of carbonyl (C=O) groups is 4. The van der Waals surface area contributed by atoms with Gasteiger partial charge in [0.25, 0.3) is 0 Å². The molecule has 0 saturated carbocycles. The van der Waals surface area contributed by atoms with Crippen molar-refractivity contribution in [2.75, 3.05) is 18.8 Å². The lowest BCUT2D eigenvalue weighted by molar-refractivity contribution is -0.142. The summed E-state index contributed by atoms with van der Waals surface area (Å²) in [6, 6.07) is -3.49. The van der Waals surface area contributed by atoms with E-state index in [-0.39, 0.29) is 11.7 Å². The molecule has 0 aromatic heterocycles. The topological polar surface area (TPSA) is 168 Å². The highest BCUT2D eigenvalue weighted by Gasteiger charge is 2.37. The molecule has 0 aliphatic carbocycles. The summed E-state index contributed by atoms with van der Waals surface area (Å²) in [7, 11) is 0. The van der Waals surface area contributed by atoms with Crippen LogP contribution in [-0.2, 0) is 19.2 Å². The minimum absolute atomic E-state index is 0.168. The van der Waals surface area contributed by atoms with Crippen LogP contribution in [0.3, 0.4) is 0 Å². The summed E-state index contributed by atoms with van der Waals surface area (Å²) >= 11 is 4.02. The maximum absolute atomic E-state index is 12.8. The van der Waals surface area contributed by atoms with Crippen molar-refractivity contribution in [2.24, 2.45) is 11.5 Å². The van der Waals surface area contributed by atoms with Gasteiger partial charge >= 0.3 is 5.97 Å². The number of nitrogens with two attached hydrogens (primary N) is 2. The van der Waals surface area contributed by atoms with E-state index in [2.05, 4.69) is 23.3 Å². The molecule has 7 N–H and O–H groups in total. The van der Waals surface area contributed by atoms with Gasteiger partial charge in [0.2, 0.25) is 17.7 Å². The SMILES string of the molecule is CC(NC(=O)C(CCCCN)NC(=O)C1CCCN1C(=O)C(N)CS)C(=O)O. The number of carbonyl (C=O) groups excluding carboxylic acids is 3. The van der Waals surface area contributed by atoms with Crippen LogP contribution < -0.4 is 22.1 Å². The number of rotatable bonds is 11. The van der Waals surface area contributed by atoms with E-state index in [1.54, 1.807) is 0 Å². The minimum atomic E-state index is -1.17. The van der Waals surface area contributed by atoms with Crippen LogP contribution in [-0.4, -0.2) is 76.7 Å². The standard InChI is InChI=1S/C17H31N5O5S/c1-10(17(26)27)20-14(23)12(5-2-3-7-18)21-15(24)13-6-4-8-22(13)16(25)11(19)9-28/h10-13,28H,2-9,18-19H2,1H3,(H,20,23)(H,21,24)(H,26,27). The number of carboxylic acid groups (broad SMARTS) is 1. The molecule has 0 bridgehead atoms. The van der Waals surface area contributed by atoms with Crippen LogP contribution in [0, 0.1) is 0 Å². The zero-order valence-electron chi connectivity index (χ0n) is 16.1. The third-order valence-corrected chi connectivity index (χ3v) is 5.05. The Morgan fingerprint density at radius 2 is 1.93 bits per heavy atom. The van der Waals surface area contributed by atoms with Crippen molar-refractivity contribution in [3.63, 3.8) is 0 Å². The molecule has 0 spiro atoms. The van der Waals surface area contributed by atoms with E-state index >= 15 is 0 Å².